The second-order valence-electron chi connectivity index (χ2n) is 3.98. The highest BCUT2D eigenvalue weighted by atomic mass is 32.1. The highest BCUT2D eigenvalue weighted by molar-refractivity contribution is 7.14. The van der Waals surface area contributed by atoms with Crippen LogP contribution in [0.2, 0.25) is 0 Å². The van der Waals surface area contributed by atoms with Crippen LogP contribution in [-0.4, -0.2) is 22.5 Å². The maximum atomic E-state index is 11.1. The van der Waals surface area contributed by atoms with Gasteiger partial charge in [-0.2, -0.15) is 0 Å². The number of benzene rings is 1. The molecular formula is C13H15N3O2S. The first kappa shape index (κ1) is 13.4. The largest absolute Gasteiger partial charge is 0.506 e. The third-order valence-electron chi connectivity index (χ3n) is 2.44. The summed E-state index contributed by atoms with van der Waals surface area (Å²) in [5.41, 5.74) is 2.05. The Bertz CT molecular complexity index is 595. The first-order valence-electron chi connectivity index (χ1n) is 5.90. The van der Waals surface area contributed by atoms with Gasteiger partial charge in [0.2, 0.25) is 5.91 Å². The Labute approximate surface area is 115 Å². The number of anilines is 2. The fourth-order valence-corrected chi connectivity index (χ4v) is 2.41. The van der Waals surface area contributed by atoms with Crippen molar-refractivity contribution in [1.29, 1.82) is 0 Å². The van der Waals surface area contributed by atoms with Gasteiger partial charge in [-0.25, -0.2) is 4.98 Å². The zero-order valence-electron chi connectivity index (χ0n) is 10.7. The predicted octanol–water partition coefficient (Wildman–Crippen LogP) is 2.91. The standard InChI is InChI=1S/C13H15N3O2S/c1-3-14-13-16-11(7-19-13)9-4-5-12(18)10(6-9)15-8(2)17/h4-7,18H,3H2,1-2H3,(H,14,16)(H,15,17). The van der Waals surface area contributed by atoms with Gasteiger partial charge in [0.1, 0.15) is 5.75 Å². The average Bonchev–Trinajstić information content (AvgIpc) is 2.80. The van der Waals surface area contributed by atoms with E-state index in [1.54, 1.807) is 18.2 Å². The summed E-state index contributed by atoms with van der Waals surface area (Å²) in [6.45, 7) is 4.23. The lowest BCUT2D eigenvalue weighted by Gasteiger charge is -2.06. The molecule has 0 saturated carbocycles. The van der Waals surface area contributed by atoms with Gasteiger partial charge < -0.3 is 15.7 Å². The van der Waals surface area contributed by atoms with E-state index in [2.05, 4.69) is 15.6 Å². The maximum Gasteiger partial charge on any atom is 0.221 e. The molecule has 1 aromatic heterocycles. The quantitative estimate of drug-likeness (QED) is 0.751. The summed E-state index contributed by atoms with van der Waals surface area (Å²) in [5, 5.41) is 18.2. The molecule has 0 aliphatic carbocycles. The summed E-state index contributed by atoms with van der Waals surface area (Å²) in [6.07, 6.45) is 0. The molecule has 0 aliphatic heterocycles. The molecule has 1 heterocycles. The van der Waals surface area contributed by atoms with E-state index in [-0.39, 0.29) is 11.7 Å². The Morgan fingerprint density at radius 3 is 2.95 bits per heavy atom. The van der Waals surface area contributed by atoms with Crippen LogP contribution in [0.1, 0.15) is 13.8 Å². The van der Waals surface area contributed by atoms with Crippen molar-refractivity contribution in [3.63, 3.8) is 0 Å². The van der Waals surface area contributed by atoms with E-state index in [0.29, 0.717) is 5.69 Å². The predicted molar refractivity (Wildman–Crippen MR) is 77.7 cm³/mol. The molecular weight excluding hydrogens is 262 g/mol. The number of phenolic OH excluding ortho intramolecular Hbond substituents is 1. The van der Waals surface area contributed by atoms with E-state index in [1.807, 2.05) is 12.3 Å². The lowest BCUT2D eigenvalue weighted by atomic mass is 10.1. The molecule has 100 valence electrons. The molecule has 0 radical (unpaired) electrons. The highest BCUT2D eigenvalue weighted by Crippen LogP contribution is 2.31. The Morgan fingerprint density at radius 1 is 1.47 bits per heavy atom. The summed E-state index contributed by atoms with van der Waals surface area (Å²) < 4.78 is 0. The van der Waals surface area contributed by atoms with Gasteiger partial charge in [-0.15, -0.1) is 11.3 Å². The smallest absolute Gasteiger partial charge is 0.221 e. The average molecular weight is 277 g/mol. The summed E-state index contributed by atoms with van der Waals surface area (Å²) >= 11 is 1.52. The highest BCUT2D eigenvalue weighted by Gasteiger charge is 2.08. The monoisotopic (exact) mass is 277 g/mol. The van der Waals surface area contributed by atoms with Gasteiger partial charge in [0.05, 0.1) is 11.4 Å². The maximum absolute atomic E-state index is 11.1. The van der Waals surface area contributed by atoms with Crippen molar-refractivity contribution in [2.75, 3.05) is 17.2 Å². The van der Waals surface area contributed by atoms with Crippen molar-refractivity contribution in [3.8, 4) is 17.0 Å². The molecule has 0 saturated heterocycles. The van der Waals surface area contributed by atoms with Crippen LogP contribution in [0.3, 0.4) is 0 Å². The van der Waals surface area contributed by atoms with Crippen molar-refractivity contribution >= 4 is 28.1 Å². The van der Waals surface area contributed by atoms with E-state index in [0.717, 1.165) is 22.9 Å². The van der Waals surface area contributed by atoms with Gasteiger partial charge in [-0.05, 0) is 25.1 Å². The number of carbonyl (C=O) groups excluding carboxylic acids is 1. The second kappa shape index (κ2) is 5.71. The third kappa shape index (κ3) is 3.23. The number of amides is 1. The minimum Gasteiger partial charge on any atom is -0.506 e. The van der Waals surface area contributed by atoms with Crippen LogP contribution >= 0.6 is 11.3 Å². The van der Waals surface area contributed by atoms with Crippen LogP contribution in [0, 0.1) is 0 Å². The normalized spacial score (nSPS) is 10.2. The minimum absolute atomic E-state index is 0.0427. The first-order chi connectivity index (χ1) is 9.10. The molecule has 6 heteroatoms. The summed E-state index contributed by atoms with van der Waals surface area (Å²) in [5.74, 6) is -0.180. The minimum atomic E-state index is -0.223. The van der Waals surface area contributed by atoms with Gasteiger partial charge in [-0.1, -0.05) is 0 Å². The lowest BCUT2D eigenvalue weighted by molar-refractivity contribution is -0.114. The molecule has 0 unspecified atom stereocenters. The number of nitrogens with one attached hydrogen (secondary N) is 2. The molecule has 1 aromatic carbocycles. The van der Waals surface area contributed by atoms with Crippen molar-refractivity contribution in [3.05, 3.63) is 23.6 Å². The van der Waals surface area contributed by atoms with Crippen LogP contribution in [-0.2, 0) is 4.79 Å². The fourth-order valence-electron chi connectivity index (χ4n) is 1.62. The van der Waals surface area contributed by atoms with Crippen molar-refractivity contribution in [2.24, 2.45) is 0 Å². The van der Waals surface area contributed by atoms with Crippen LogP contribution < -0.4 is 10.6 Å². The SMILES string of the molecule is CCNc1nc(-c2ccc(O)c(NC(C)=O)c2)cs1. The summed E-state index contributed by atoms with van der Waals surface area (Å²) in [6, 6.07) is 5.03. The van der Waals surface area contributed by atoms with Gasteiger partial charge >= 0.3 is 0 Å². The first-order valence-corrected chi connectivity index (χ1v) is 6.78. The molecule has 0 bridgehead atoms. The van der Waals surface area contributed by atoms with Gasteiger partial charge in [0.25, 0.3) is 0 Å². The lowest BCUT2D eigenvalue weighted by Crippen LogP contribution is -2.05. The van der Waals surface area contributed by atoms with E-state index < -0.39 is 0 Å². The topological polar surface area (TPSA) is 74.2 Å². The molecule has 1 amide bonds. The molecule has 5 nitrogen and oxygen atoms in total. The van der Waals surface area contributed by atoms with E-state index in [1.165, 1.54) is 18.3 Å². The zero-order chi connectivity index (χ0) is 13.8. The summed E-state index contributed by atoms with van der Waals surface area (Å²) in [4.78, 5) is 15.5. The van der Waals surface area contributed by atoms with Crippen LogP contribution in [0.25, 0.3) is 11.3 Å². The third-order valence-corrected chi connectivity index (χ3v) is 3.24. The Kier molecular flexibility index (Phi) is 4.01. The van der Waals surface area contributed by atoms with Crippen molar-refractivity contribution < 1.29 is 9.90 Å². The number of hydrogen-bond donors (Lipinski definition) is 3. The molecule has 2 rings (SSSR count). The van der Waals surface area contributed by atoms with E-state index in [9.17, 15) is 9.90 Å². The number of nitrogens with zero attached hydrogens (tertiary/aromatic N) is 1. The van der Waals surface area contributed by atoms with Crippen LogP contribution in [0.5, 0.6) is 5.75 Å². The van der Waals surface area contributed by atoms with Crippen molar-refractivity contribution in [1.82, 2.24) is 4.98 Å². The van der Waals surface area contributed by atoms with Crippen molar-refractivity contribution in [2.45, 2.75) is 13.8 Å². The van der Waals surface area contributed by atoms with Gasteiger partial charge in [-0.3, -0.25) is 4.79 Å². The molecule has 0 aliphatic rings. The fraction of sp³-hybridized carbons (Fsp3) is 0.231. The molecule has 2 aromatic rings. The van der Waals surface area contributed by atoms with Gasteiger partial charge in [0.15, 0.2) is 5.13 Å². The number of phenols is 1. The molecule has 0 fully saturated rings. The number of carbonyl (C=O) groups is 1. The Morgan fingerprint density at radius 2 is 2.26 bits per heavy atom. The molecule has 0 atom stereocenters. The van der Waals surface area contributed by atoms with Gasteiger partial charge in [0, 0.05) is 24.4 Å². The number of thiazole rings is 1. The number of rotatable bonds is 4. The number of aromatic hydroxyl groups is 1. The van der Waals surface area contributed by atoms with E-state index >= 15 is 0 Å². The zero-order valence-corrected chi connectivity index (χ0v) is 11.5. The number of aromatic nitrogens is 1. The Balaban J connectivity index is 2.30. The number of hydrogen-bond acceptors (Lipinski definition) is 5. The van der Waals surface area contributed by atoms with Crippen LogP contribution in [0.4, 0.5) is 10.8 Å². The van der Waals surface area contributed by atoms with Crippen LogP contribution in [0.15, 0.2) is 23.6 Å². The van der Waals surface area contributed by atoms with E-state index in [4.69, 9.17) is 0 Å². The summed E-state index contributed by atoms with van der Waals surface area (Å²) in [7, 11) is 0. The molecule has 3 N–H and O–H groups in total. The Hall–Kier alpha value is -2.08. The molecule has 0 spiro atoms. The molecule has 19 heavy (non-hydrogen) atoms. The second-order valence-corrected chi connectivity index (χ2v) is 4.84.